The summed E-state index contributed by atoms with van der Waals surface area (Å²) < 4.78 is 38.4. The molecule has 2 rings (SSSR count). The molecular formula is C24H34O6S. The van der Waals surface area contributed by atoms with Crippen LogP contribution in [0.15, 0.2) is 46.2 Å². The minimum Gasteiger partial charge on any atom is -0.508 e. The van der Waals surface area contributed by atoms with Crippen molar-refractivity contribution in [3.63, 3.8) is 0 Å². The number of aromatic hydroxyl groups is 2. The van der Waals surface area contributed by atoms with Crippen molar-refractivity contribution >= 4 is 9.84 Å². The lowest BCUT2D eigenvalue weighted by Gasteiger charge is -2.16. The lowest BCUT2D eigenvalue weighted by atomic mass is 10.2. The first-order valence-corrected chi connectivity index (χ1v) is 12.5. The number of unbranched alkanes of at least 4 members (excludes halogenated alkanes) is 6. The average Bonchev–Trinajstić information content (AvgIpc) is 2.73. The Labute approximate surface area is 185 Å². The molecule has 31 heavy (non-hydrogen) atoms. The minimum absolute atomic E-state index is 0.0395. The number of rotatable bonds is 14. The van der Waals surface area contributed by atoms with Crippen molar-refractivity contribution in [1.82, 2.24) is 0 Å². The lowest BCUT2D eigenvalue weighted by molar-refractivity contribution is 0.293. The van der Waals surface area contributed by atoms with Gasteiger partial charge >= 0.3 is 0 Å². The van der Waals surface area contributed by atoms with Crippen molar-refractivity contribution in [2.24, 2.45) is 0 Å². The molecule has 0 saturated heterocycles. The van der Waals surface area contributed by atoms with Gasteiger partial charge in [0.05, 0.1) is 13.2 Å². The van der Waals surface area contributed by atoms with Gasteiger partial charge in [0.1, 0.15) is 32.8 Å². The number of hydrogen-bond donors (Lipinski definition) is 2. The summed E-state index contributed by atoms with van der Waals surface area (Å²) in [5.74, 6) is 0.0816. The van der Waals surface area contributed by atoms with Crippen LogP contribution in [0.5, 0.6) is 23.0 Å². The van der Waals surface area contributed by atoms with Crippen molar-refractivity contribution in [3.8, 4) is 23.0 Å². The van der Waals surface area contributed by atoms with Crippen LogP contribution in [0.4, 0.5) is 0 Å². The Morgan fingerprint density at radius 1 is 0.677 bits per heavy atom. The van der Waals surface area contributed by atoms with Crippen LogP contribution in [0.1, 0.15) is 65.2 Å². The van der Waals surface area contributed by atoms with Crippen LogP contribution in [-0.4, -0.2) is 31.8 Å². The van der Waals surface area contributed by atoms with Gasteiger partial charge in [-0.15, -0.1) is 0 Å². The van der Waals surface area contributed by atoms with E-state index in [0.29, 0.717) is 13.2 Å². The SMILES string of the molecule is CCCCCCOc1cc(O)ccc1S(=O)(=O)c1ccc(O)cc1OCCCCCC. The highest BCUT2D eigenvalue weighted by Crippen LogP contribution is 2.37. The first-order valence-electron chi connectivity index (χ1n) is 11.1. The molecule has 0 aliphatic heterocycles. The fourth-order valence-corrected chi connectivity index (χ4v) is 4.70. The zero-order chi connectivity index (χ0) is 22.7. The zero-order valence-electron chi connectivity index (χ0n) is 18.5. The topological polar surface area (TPSA) is 93.1 Å². The van der Waals surface area contributed by atoms with E-state index in [4.69, 9.17) is 9.47 Å². The van der Waals surface area contributed by atoms with Crippen molar-refractivity contribution in [1.29, 1.82) is 0 Å². The standard InChI is InChI=1S/C24H34O6S/c1-3-5-7-9-15-29-21-17-19(25)11-13-23(21)31(27,28)24-14-12-20(26)18-22(24)30-16-10-8-6-4-2/h11-14,17-18,25-26H,3-10,15-16H2,1-2H3. The van der Waals surface area contributed by atoms with Crippen molar-refractivity contribution in [2.45, 2.75) is 75.0 Å². The van der Waals surface area contributed by atoms with E-state index in [-0.39, 0.29) is 32.8 Å². The van der Waals surface area contributed by atoms with Gasteiger partial charge in [-0.05, 0) is 37.1 Å². The highest BCUT2D eigenvalue weighted by Gasteiger charge is 2.27. The summed E-state index contributed by atoms with van der Waals surface area (Å²) in [5.41, 5.74) is 0. The van der Waals surface area contributed by atoms with Crippen LogP contribution < -0.4 is 9.47 Å². The van der Waals surface area contributed by atoms with Crippen molar-refractivity contribution in [3.05, 3.63) is 36.4 Å². The molecule has 0 amide bonds. The Kier molecular flexibility index (Phi) is 9.98. The molecule has 0 heterocycles. The maximum absolute atomic E-state index is 13.4. The van der Waals surface area contributed by atoms with E-state index in [0.717, 1.165) is 51.4 Å². The number of benzene rings is 2. The molecule has 2 aromatic carbocycles. The predicted molar refractivity (Wildman–Crippen MR) is 121 cm³/mol. The van der Waals surface area contributed by atoms with Gasteiger partial charge in [-0.1, -0.05) is 52.4 Å². The molecule has 6 nitrogen and oxygen atoms in total. The quantitative estimate of drug-likeness (QED) is 0.351. The fraction of sp³-hybridized carbons (Fsp3) is 0.500. The maximum atomic E-state index is 13.4. The largest absolute Gasteiger partial charge is 0.508 e. The van der Waals surface area contributed by atoms with Gasteiger partial charge in [0.25, 0.3) is 0 Å². The number of ether oxygens (including phenoxy) is 2. The number of hydrogen-bond acceptors (Lipinski definition) is 6. The van der Waals surface area contributed by atoms with Crippen molar-refractivity contribution < 1.29 is 28.1 Å². The first-order chi connectivity index (χ1) is 14.9. The predicted octanol–water partition coefficient (Wildman–Crippen LogP) is 5.85. The van der Waals surface area contributed by atoms with Crippen LogP contribution in [0.2, 0.25) is 0 Å². The van der Waals surface area contributed by atoms with Crippen LogP contribution in [-0.2, 0) is 9.84 Å². The molecule has 7 heteroatoms. The summed E-state index contributed by atoms with van der Waals surface area (Å²) >= 11 is 0. The van der Waals surface area contributed by atoms with E-state index in [1.165, 1.54) is 36.4 Å². The van der Waals surface area contributed by atoms with Gasteiger partial charge in [0.15, 0.2) is 0 Å². The molecule has 0 atom stereocenters. The number of sulfone groups is 1. The molecular weight excluding hydrogens is 416 g/mol. The minimum atomic E-state index is -4.00. The molecule has 0 spiro atoms. The number of phenolic OH excluding ortho intramolecular Hbond substituents is 2. The summed E-state index contributed by atoms with van der Waals surface area (Å²) in [7, 11) is -4.00. The Morgan fingerprint density at radius 3 is 1.48 bits per heavy atom. The Balaban J connectivity index is 2.28. The molecule has 0 aromatic heterocycles. The Hall–Kier alpha value is -2.41. The van der Waals surface area contributed by atoms with Gasteiger partial charge in [0.2, 0.25) is 9.84 Å². The van der Waals surface area contributed by atoms with Gasteiger partial charge in [-0.3, -0.25) is 0 Å². The molecule has 172 valence electrons. The molecule has 2 aromatic rings. The second-order valence-electron chi connectivity index (χ2n) is 7.58. The molecule has 0 bridgehead atoms. The smallest absolute Gasteiger partial charge is 0.213 e. The van der Waals surface area contributed by atoms with E-state index in [2.05, 4.69) is 13.8 Å². The van der Waals surface area contributed by atoms with E-state index in [1.54, 1.807) is 0 Å². The third kappa shape index (κ3) is 7.35. The van der Waals surface area contributed by atoms with E-state index in [9.17, 15) is 18.6 Å². The highest BCUT2D eigenvalue weighted by molar-refractivity contribution is 7.91. The number of phenols is 2. The van der Waals surface area contributed by atoms with Gasteiger partial charge in [-0.25, -0.2) is 8.42 Å². The summed E-state index contributed by atoms with van der Waals surface area (Å²) in [6, 6.07) is 7.95. The van der Waals surface area contributed by atoms with Crippen molar-refractivity contribution in [2.75, 3.05) is 13.2 Å². The highest BCUT2D eigenvalue weighted by atomic mass is 32.2. The van der Waals surface area contributed by atoms with Crippen LogP contribution >= 0.6 is 0 Å². The molecule has 0 saturated carbocycles. The summed E-state index contributed by atoms with van der Waals surface area (Å²) in [4.78, 5) is -0.0790. The Morgan fingerprint density at radius 2 is 1.10 bits per heavy atom. The summed E-state index contributed by atoms with van der Waals surface area (Å²) in [6.45, 7) is 4.95. The van der Waals surface area contributed by atoms with E-state index < -0.39 is 9.84 Å². The molecule has 0 radical (unpaired) electrons. The average molecular weight is 451 g/mol. The zero-order valence-corrected chi connectivity index (χ0v) is 19.3. The van der Waals surface area contributed by atoms with E-state index in [1.807, 2.05) is 0 Å². The molecule has 2 N–H and O–H groups in total. The lowest BCUT2D eigenvalue weighted by Crippen LogP contribution is -2.09. The maximum Gasteiger partial charge on any atom is 0.213 e. The normalized spacial score (nSPS) is 11.4. The fourth-order valence-electron chi connectivity index (χ4n) is 3.20. The summed E-state index contributed by atoms with van der Waals surface area (Å²) in [6.07, 6.45) is 7.93. The molecule has 0 aliphatic carbocycles. The molecule has 0 aliphatic rings. The second kappa shape index (κ2) is 12.4. The third-order valence-electron chi connectivity index (χ3n) is 4.94. The van der Waals surface area contributed by atoms with Crippen LogP contribution in [0.25, 0.3) is 0 Å². The first kappa shape index (κ1) is 24.9. The van der Waals surface area contributed by atoms with Crippen LogP contribution in [0, 0.1) is 0 Å². The summed E-state index contributed by atoms with van der Waals surface area (Å²) in [5, 5.41) is 19.7. The Bertz CT molecular complexity index is 854. The third-order valence-corrected chi connectivity index (χ3v) is 6.78. The van der Waals surface area contributed by atoms with Gasteiger partial charge < -0.3 is 19.7 Å². The molecule has 0 unspecified atom stereocenters. The van der Waals surface area contributed by atoms with Gasteiger partial charge in [0, 0.05) is 12.1 Å². The second-order valence-corrected chi connectivity index (χ2v) is 9.47. The van der Waals surface area contributed by atoms with Crippen LogP contribution in [0.3, 0.4) is 0 Å². The van der Waals surface area contributed by atoms with Gasteiger partial charge in [-0.2, -0.15) is 0 Å². The van der Waals surface area contributed by atoms with E-state index >= 15 is 0 Å². The molecule has 0 fully saturated rings. The monoisotopic (exact) mass is 450 g/mol.